The zero-order valence-electron chi connectivity index (χ0n) is 11.3. The zero-order valence-corrected chi connectivity index (χ0v) is 11.3. The molecule has 20 heavy (non-hydrogen) atoms. The lowest BCUT2D eigenvalue weighted by molar-refractivity contribution is 1.05. The van der Waals surface area contributed by atoms with Gasteiger partial charge in [0.15, 0.2) is 0 Å². The van der Waals surface area contributed by atoms with Crippen molar-refractivity contribution in [3.8, 4) is 0 Å². The van der Waals surface area contributed by atoms with Gasteiger partial charge in [0, 0.05) is 17.6 Å². The molecule has 1 aromatic heterocycles. The fourth-order valence-corrected chi connectivity index (χ4v) is 2.13. The Balaban J connectivity index is 1.82. The van der Waals surface area contributed by atoms with Crippen molar-refractivity contribution in [2.45, 2.75) is 13.5 Å². The summed E-state index contributed by atoms with van der Waals surface area (Å²) in [5.74, 6) is 0.651. The third kappa shape index (κ3) is 2.54. The van der Waals surface area contributed by atoms with Crippen LogP contribution in [-0.2, 0) is 6.54 Å². The maximum atomic E-state index is 5.67. The fraction of sp³-hybridized carbons (Fsp3) is 0.125. The Hall–Kier alpha value is -2.62. The molecular formula is C16H16N4. The van der Waals surface area contributed by atoms with Crippen molar-refractivity contribution in [1.82, 2.24) is 9.97 Å². The maximum absolute atomic E-state index is 5.67. The minimum absolute atomic E-state index is 0.651. The molecule has 0 aliphatic heterocycles. The molecule has 0 radical (unpaired) electrons. The first kappa shape index (κ1) is 12.4. The average Bonchev–Trinajstić information content (AvgIpc) is 2.47. The first-order valence-corrected chi connectivity index (χ1v) is 6.54. The molecule has 3 N–H and O–H groups in total. The van der Waals surface area contributed by atoms with Crippen LogP contribution in [0.3, 0.4) is 0 Å². The Morgan fingerprint density at radius 2 is 1.75 bits per heavy atom. The SMILES string of the molecule is Cc1nc(NCc2ccc(N)cc2)nc2ccccc12. The maximum Gasteiger partial charge on any atom is 0.223 e. The molecule has 0 saturated carbocycles. The highest BCUT2D eigenvalue weighted by molar-refractivity contribution is 5.81. The topological polar surface area (TPSA) is 63.8 Å². The van der Waals surface area contributed by atoms with E-state index in [1.54, 1.807) is 0 Å². The normalized spacial score (nSPS) is 10.7. The minimum Gasteiger partial charge on any atom is -0.399 e. The number of fused-ring (bicyclic) bond motifs is 1. The monoisotopic (exact) mass is 264 g/mol. The van der Waals surface area contributed by atoms with E-state index in [9.17, 15) is 0 Å². The third-order valence-corrected chi connectivity index (χ3v) is 3.22. The second-order valence-electron chi connectivity index (χ2n) is 4.74. The predicted molar refractivity (Wildman–Crippen MR) is 82.5 cm³/mol. The van der Waals surface area contributed by atoms with Crippen molar-refractivity contribution in [2.75, 3.05) is 11.1 Å². The molecule has 0 amide bonds. The molecule has 0 fully saturated rings. The quantitative estimate of drug-likeness (QED) is 0.713. The second kappa shape index (κ2) is 5.17. The second-order valence-corrected chi connectivity index (χ2v) is 4.74. The fourth-order valence-electron chi connectivity index (χ4n) is 2.13. The largest absolute Gasteiger partial charge is 0.399 e. The summed E-state index contributed by atoms with van der Waals surface area (Å²) >= 11 is 0. The number of anilines is 2. The van der Waals surface area contributed by atoms with Gasteiger partial charge in [-0.2, -0.15) is 0 Å². The molecule has 4 heteroatoms. The molecule has 0 aliphatic carbocycles. The van der Waals surface area contributed by atoms with Crippen molar-refractivity contribution >= 4 is 22.5 Å². The van der Waals surface area contributed by atoms with Gasteiger partial charge in [-0.1, -0.05) is 30.3 Å². The highest BCUT2D eigenvalue weighted by atomic mass is 15.1. The molecule has 3 aromatic rings. The van der Waals surface area contributed by atoms with Crippen molar-refractivity contribution in [3.63, 3.8) is 0 Å². The first-order valence-electron chi connectivity index (χ1n) is 6.54. The number of para-hydroxylation sites is 1. The van der Waals surface area contributed by atoms with Crippen LogP contribution >= 0.6 is 0 Å². The molecule has 3 rings (SSSR count). The number of aryl methyl sites for hydroxylation is 1. The summed E-state index contributed by atoms with van der Waals surface area (Å²) in [6, 6.07) is 15.8. The number of nitrogens with two attached hydrogens (primary N) is 1. The van der Waals surface area contributed by atoms with Gasteiger partial charge in [-0.25, -0.2) is 9.97 Å². The van der Waals surface area contributed by atoms with E-state index >= 15 is 0 Å². The van der Waals surface area contributed by atoms with Crippen LogP contribution in [0.4, 0.5) is 11.6 Å². The Bertz CT molecular complexity index is 735. The van der Waals surface area contributed by atoms with E-state index < -0.39 is 0 Å². The Labute approximate surface area is 117 Å². The average molecular weight is 264 g/mol. The van der Waals surface area contributed by atoms with Crippen LogP contribution in [-0.4, -0.2) is 9.97 Å². The Morgan fingerprint density at radius 3 is 2.55 bits per heavy atom. The minimum atomic E-state index is 0.651. The molecule has 2 aromatic carbocycles. The van der Waals surface area contributed by atoms with Gasteiger partial charge in [0.25, 0.3) is 0 Å². The smallest absolute Gasteiger partial charge is 0.223 e. The molecule has 0 aliphatic rings. The molecule has 0 atom stereocenters. The molecule has 0 unspecified atom stereocenters. The van der Waals surface area contributed by atoms with E-state index in [0.717, 1.165) is 27.8 Å². The van der Waals surface area contributed by atoms with E-state index in [4.69, 9.17) is 5.73 Å². The Kier molecular flexibility index (Phi) is 3.21. The van der Waals surface area contributed by atoms with E-state index in [0.29, 0.717) is 12.5 Å². The number of aromatic nitrogens is 2. The van der Waals surface area contributed by atoms with Gasteiger partial charge in [0.05, 0.1) is 11.2 Å². The van der Waals surface area contributed by atoms with Crippen LogP contribution < -0.4 is 11.1 Å². The summed E-state index contributed by atoms with van der Waals surface area (Å²) in [5, 5.41) is 4.34. The van der Waals surface area contributed by atoms with E-state index in [1.165, 1.54) is 0 Å². The predicted octanol–water partition coefficient (Wildman–Crippen LogP) is 3.13. The summed E-state index contributed by atoms with van der Waals surface area (Å²) in [6.07, 6.45) is 0. The number of rotatable bonds is 3. The van der Waals surface area contributed by atoms with Gasteiger partial charge in [-0.3, -0.25) is 0 Å². The van der Waals surface area contributed by atoms with Gasteiger partial charge < -0.3 is 11.1 Å². The van der Waals surface area contributed by atoms with Crippen molar-refractivity contribution in [3.05, 3.63) is 59.8 Å². The van der Waals surface area contributed by atoms with Crippen LogP contribution in [0.25, 0.3) is 10.9 Å². The van der Waals surface area contributed by atoms with Crippen LogP contribution in [0.2, 0.25) is 0 Å². The summed E-state index contributed by atoms with van der Waals surface area (Å²) in [6.45, 7) is 2.68. The lowest BCUT2D eigenvalue weighted by Gasteiger charge is -2.08. The highest BCUT2D eigenvalue weighted by Crippen LogP contribution is 2.17. The molecular weight excluding hydrogens is 248 g/mol. The molecule has 4 nitrogen and oxygen atoms in total. The lowest BCUT2D eigenvalue weighted by Crippen LogP contribution is -2.05. The summed E-state index contributed by atoms with van der Waals surface area (Å²) in [5.41, 5.74) is 9.53. The lowest BCUT2D eigenvalue weighted by atomic mass is 10.2. The highest BCUT2D eigenvalue weighted by Gasteiger charge is 2.03. The zero-order chi connectivity index (χ0) is 13.9. The molecule has 0 spiro atoms. The van der Waals surface area contributed by atoms with Crippen LogP contribution in [0, 0.1) is 6.92 Å². The van der Waals surface area contributed by atoms with Gasteiger partial charge >= 0.3 is 0 Å². The molecule has 0 saturated heterocycles. The van der Waals surface area contributed by atoms with Gasteiger partial charge in [-0.15, -0.1) is 0 Å². The van der Waals surface area contributed by atoms with E-state index in [2.05, 4.69) is 15.3 Å². The number of hydrogen-bond donors (Lipinski definition) is 2. The number of nitrogens with one attached hydrogen (secondary N) is 1. The van der Waals surface area contributed by atoms with Crippen molar-refractivity contribution in [2.24, 2.45) is 0 Å². The van der Waals surface area contributed by atoms with Crippen LogP contribution in [0.15, 0.2) is 48.5 Å². The number of nitrogen functional groups attached to an aromatic ring is 1. The summed E-state index contributed by atoms with van der Waals surface area (Å²) < 4.78 is 0. The van der Waals surface area contributed by atoms with E-state index in [1.807, 2.05) is 55.5 Å². The van der Waals surface area contributed by atoms with Gasteiger partial charge in [0.1, 0.15) is 0 Å². The third-order valence-electron chi connectivity index (χ3n) is 3.22. The number of hydrogen-bond acceptors (Lipinski definition) is 4. The van der Waals surface area contributed by atoms with Crippen molar-refractivity contribution in [1.29, 1.82) is 0 Å². The van der Waals surface area contributed by atoms with Gasteiger partial charge in [-0.05, 0) is 30.7 Å². The van der Waals surface area contributed by atoms with Crippen LogP contribution in [0.5, 0.6) is 0 Å². The standard InChI is InChI=1S/C16H16N4/c1-11-14-4-2-3-5-15(14)20-16(19-11)18-10-12-6-8-13(17)9-7-12/h2-9H,10,17H2,1H3,(H,18,19,20). The Morgan fingerprint density at radius 1 is 1.00 bits per heavy atom. The first-order chi connectivity index (χ1) is 9.72. The summed E-state index contributed by atoms with van der Waals surface area (Å²) in [7, 11) is 0. The number of benzene rings is 2. The molecule has 1 heterocycles. The molecule has 100 valence electrons. The summed E-state index contributed by atoms with van der Waals surface area (Å²) in [4.78, 5) is 9.01. The molecule has 0 bridgehead atoms. The van der Waals surface area contributed by atoms with Crippen LogP contribution in [0.1, 0.15) is 11.3 Å². The van der Waals surface area contributed by atoms with Crippen molar-refractivity contribution < 1.29 is 0 Å². The van der Waals surface area contributed by atoms with Gasteiger partial charge in [0.2, 0.25) is 5.95 Å². The van der Waals surface area contributed by atoms with E-state index in [-0.39, 0.29) is 0 Å². The number of nitrogens with zero attached hydrogens (tertiary/aromatic N) is 2.